The first-order valence-corrected chi connectivity index (χ1v) is 12.4. The van der Waals surface area contributed by atoms with Crippen molar-refractivity contribution in [3.8, 4) is 17.0 Å². The number of ether oxygens (including phenoxy) is 1. The van der Waals surface area contributed by atoms with Gasteiger partial charge in [-0.2, -0.15) is 5.10 Å². The van der Waals surface area contributed by atoms with Crippen molar-refractivity contribution < 1.29 is 14.9 Å². The maximum Gasteiger partial charge on any atom is 0.131 e. The number of aliphatic hydroxyl groups is 2. The SMILES string of the molecule is Cc1cc(-c2n[nH]c3ccc(OC(C)c4c(Cl)cnc(C)c4Cl)cc23)cnc1N1CC(CO)(CO)C1. The molecule has 5 rings (SSSR count). The number of aromatic amines is 1. The summed E-state index contributed by atoms with van der Waals surface area (Å²) < 4.78 is 6.22. The van der Waals surface area contributed by atoms with Crippen molar-refractivity contribution in [3.05, 3.63) is 63.5 Å². The van der Waals surface area contributed by atoms with Gasteiger partial charge < -0.3 is 19.8 Å². The Hall–Kier alpha value is -2.91. The lowest BCUT2D eigenvalue weighted by atomic mass is 9.81. The maximum absolute atomic E-state index is 9.58. The van der Waals surface area contributed by atoms with Crippen molar-refractivity contribution >= 4 is 39.9 Å². The molecule has 1 saturated heterocycles. The number of aromatic nitrogens is 4. The fourth-order valence-electron chi connectivity index (χ4n) is 4.69. The van der Waals surface area contributed by atoms with Crippen LogP contribution in [0.25, 0.3) is 22.2 Å². The predicted octanol–water partition coefficient (Wildman–Crippen LogP) is 4.87. The highest BCUT2D eigenvalue weighted by Crippen LogP contribution is 2.38. The molecular weight excluding hydrogens is 501 g/mol. The molecule has 8 nitrogen and oxygen atoms in total. The summed E-state index contributed by atoms with van der Waals surface area (Å²) in [5, 5.41) is 28.6. The molecule has 0 amide bonds. The Morgan fingerprint density at radius 1 is 1.11 bits per heavy atom. The standard InChI is InChI=1S/C26H27Cl2N5O3/c1-14-6-17(8-30-25(14)33-10-26(11-33,12-34)13-35)24-19-7-18(4-5-21(19)31-32-24)36-16(3)22-20(27)9-29-15(2)23(22)28/h4-9,16,34-35H,10-13H2,1-3H3,(H,31,32). The van der Waals surface area contributed by atoms with Gasteiger partial charge >= 0.3 is 0 Å². The Bertz CT molecular complexity index is 1430. The summed E-state index contributed by atoms with van der Waals surface area (Å²) in [7, 11) is 0. The second-order valence-corrected chi connectivity index (χ2v) is 10.3. The van der Waals surface area contributed by atoms with Crippen LogP contribution in [0.4, 0.5) is 5.82 Å². The molecule has 0 radical (unpaired) electrons. The Labute approximate surface area is 218 Å². The Balaban J connectivity index is 1.41. The number of nitrogens with one attached hydrogen (secondary N) is 1. The molecule has 1 aliphatic heterocycles. The molecule has 3 N–H and O–H groups in total. The molecular formula is C26H27Cl2N5O3. The normalized spacial score (nSPS) is 15.7. The number of hydrogen-bond donors (Lipinski definition) is 3. The number of benzene rings is 1. The lowest BCUT2D eigenvalue weighted by Gasteiger charge is -2.49. The van der Waals surface area contributed by atoms with E-state index in [4.69, 9.17) is 27.9 Å². The molecule has 1 unspecified atom stereocenters. The van der Waals surface area contributed by atoms with Crippen molar-refractivity contribution in [2.24, 2.45) is 5.41 Å². The topological polar surface area (TPSA) is 107 Å². The minimum Gasteiger partial charge on any atom is -0.486 e. The van der Waals surface area contributed by atoms with Gasteiger partial charge in [-0.25, -0.2) is 4.98 Å². The molecule has 0 saturated carbocycles. The molecule has 0 aliphatic carbocycles. The number of pyridine rings is 2. The molecule has 1 aliphatic rings. The molecule has 188 valence electrons. The summed E-state index contributed by atoms with van der Waals surface area (Å²) in [4.78, 5) is 10.9. The molecule has 1 atom stereocenters. The van der Waals surface area contributed by atoms with E-state index in [1.54, 1.807) is 12.4 Å². The minimum absolute atomic E-state index is 0.0431. The van der Waals surface area contributed by atoms with Crippen LogP contribution in [0.15, 0.2) is 36.7 Å². The van der Waals surface area contributed by atoms with E-state index >= 15 is 0 Å². The fourth-order valence-corrected chi connectivity index (χ4v) is 5.34. The summed E-state index contributed by atoms with van der Waals surface area (Å²) >= 11 is 12.8. The van der Waals surface area contributed by atoms with Crippen molar-refractivity contribution in [2.75, 3.05) is 31.2 Å². The second kappa shape index (κ2) is 9.52. The molecule has 10 heteroatoms. The third-order valence-corrected chi connectivity index (χ3v) is 7.56. The van der Waals surface area contributed by atoms with Gasteiger partial charge in [-0.15, -0.1) is 0 Å². The average molecular weight is 528 g/mol. The van der Waals surface area contributed by atoms with E-state index in [1.807, 2.05) is 45.0 Å². The number of H-pyrrole nitrogens is 1. The largest absolute Gasteiger partial charge is 0.486 e. The number of halogens is 2. The van der Waals surface area contributed by atoms with Gasteiger partial charge in [-0.05, 0) is 50.6 Å². The van der Waals surface area contributed by atoms with Crippen LogP contribution in [0.5, 0.6) is 5.75 Å². The molecule has 0 spiro atoms. The van der Waals surface area contributed by atoms with Gasteiger partial charge in [-0.3, -0.25) is 10.1 Å². The lowest BCUT2D eigenvalue weighted by Crippen LogP contribution is -2.60. The van der Waals surface area contributed by atoms with E-state index in [-0.39, 0.29) is 19.3 Å². The quantitative estimate of drug-likeness (QED) is 0.314. The van der Waals surface area contributed by atoms with Crippen molar-refractivity contribution in [2.45, 2.75) is 26.9 Å². The number of hydrogen-bond acceptors (Lipinski definition) is 7. The maximum atomic E-state index is 9.58. The lowest BCUT2D eigenvalue weighted by molar-refractivity contribution is 0.0301. The van der Waals surface area contributed by atoms with Crippen molar-refractivity contribution in [1.82, 2.24) is 20.2 Å². The highest BCUT2D eigenvalue weighted by atomic mass is 35.5. The van der Waals surface area contributed by atoms with Crippen LogP contribution < -0.4 is 9.64 Å². The van der Waals surface area contributed by atoms with Crippen LogP contribution in [-0.4, -0.2) is 56.7 Å². The van der Waals surface area contributed by atoms with E-state index in [0.29, 0.717) is 40.1 Å². The van der Waals surface area contributed by atoms with Crippen LogP contribution in [0.1, 0.15) is 29.8 Å². The third kappa shape index (κ3) is 4.28. The predicted molar refractivity (Wildman–Crippen MR) is 141 cm³/mol. The van der Waals surface area contributed by atoms with Gasteiger partial charge in [0.2, 0.25) is 0 Å². The zero-order valence-corrected chi connectivity index (χ0v) is 21.7. The molecule has 0 bridgehead atoms. The number of fused-ring (bicyclic) bond motifs is 1. The number of aliphatic hydroxyl groups excluding tert-OH is 2. The summed E-state index contributed by atoms with van der Waals surface area (Å²) in [6.45, 7) is 6.79. The molecule has 36 heavy (non-hydrogen) atoms. The van der Waals surface area contributed by atoms with Crippen molar-refractivity contribution in [3.63, 3.8) is 0 Å². The van der Waals surface area contributed by atoms with E-state index < -0.39 is 5.41 Å². The van der Waals surface area contributed by atoms with Gasteiger partial charge in [0, 0.05) is 42.0 Å². The molecule has 4 heterocycles. The van der Waals surface area contributed by atoms with Gasteiger partial charge in [0.05, 0.1) is 39.9 Å². The smallest absolute Gasteiger partial charge is 0.131 e. The fraction of sp³-hybridized carbons (Fsp3) is 0.346. The molecule has 4 aromatic rings. The van der Waals surface area contributed by atoms with E-state index in [1.165, 1.54) is 0 Å². The summed E-state index contributed by atoms with van der Waals surface area (Å²) in [6.07, 6.45) is 3.00. The van der Waals surface area contributed by atoms with Crippen LogP contribution >= 0.6 is 23.2 Å². The Morgan fingerprint density at radius 2 is 1.86 bits per heavy atom. The van der Waals surface area contributed by atoms with Crippen LogP contribution in [0, 0.1) is 19.3 Å². The molecule has 1 aromatic carbocycles. The Kier molecular flexibility index (Phi) is 6.55. The highest BCUT2D eigenvalue weighted by molar-refractivity contribution is 6.36. The zero-order valence-electron chi connectivity index (χ0n) is 20.2. The van der Waals surface area contributed by atoms with Gasteiger partial charge in [0.15, 0.2) is 0 Å². The van der Waals surface area contributed by atoms with Crippen LogP contribution in [-0.2, 0) is 0 Å². The van der Waals surface area contributed by atoms with Gasteiger partial charge in [-0.1, -0.05) is 23.2 Å². The number of aryl methyl sites for hydroxylation is 2. The van der Waals surface area contributed by atoms with Crippen LogP contribution in [0.3, 0.4) is 0 Å². The van der Waals surface area contributed by atoms with Crippen molar-refractivity contribution in [1.29, 1.82) is 0 Å². The zero-order chi connectivity index (χ0) is 25.6. The van der Waals surface area contributed by atoms with E-state index in [0.717, 1.165) is 33.5 Å². The number of rotatable bonds is 7. The summed E-state index contributed by atoms with van der Waals surface area (Å²) in [6, 6.07) is 7.79. The number of anilines is 1. The first-order chi connectivity index (χ1) is 17.2. The summed E-state index contributed by atoms with van der Waals surface area (Å²) in [5.74, 6) is 1.50. The minimum atomic E-state index is -0.456. The van der Waals surface area contributed by atoms with Gasteiger partial charge in [0.25, 0.3) is 0 Å². The van der Waals surface area contributed by atoms with Crippen LogP contribution in [0.2, 0.25) is 10.0 Å². The van der Waals surface area contributed by atoms with Gasteiger partial charge in [0.1, 0.15) is 23.4 Å². The first-order valence-electron chi connectivity index (χ1n) is 11.6. The highest BCUT2D eigenvalue weighted by Gasteiger charge is 2.43. The third-order valence-electron chi connectivity index (χ3n) is 6.78. The molecule has 3 aromatic heterocycles. The molecule has 1 fully saturated rings. The first kappa shape index (κ1) is 24.8. The number of nitrogens with zero attached hydrogens (tertiary/aromatic N) is 4. The second-order valence-electron chi connectivity index (χ2n) is 9.50. The summed E-state index contributed by atoms with van der Waals surface area (Å²) in [5.41, 5.74) is 4.45. The van der Waals surface area contributed by atoms with E-state index in [2.05, 4.69) is 25.1 Å². The average Bonchev–Trinajstić information content (AvgIpc) is 3.26. The van der Waals surface area contributed by atoms with E-state index in [9.17, 15) is 10.2 Å². The Morgan fingerprint density at radius 3 is 2.56 bits per heavy atom. The monoisotopic (exact) mass is 527 g/mol.